The fourth-order valence-corrected chi connectivity index (χ4v) is 0.806. The molecule has 0 fully saturated rings. The molecule has 0 amide bonds. The Balaban J connectivity index is 3.64. The van der Waals surface area contributed by atoms with Gasteiger partial charge in [-0.2, -0.15) is 0 Å². The number of carboxylic acid groups (broad SMARTS) is 1. The predicted molar refractivity (Wildman–Crippen MR) is 53.9 cm³/mol. The van der Waals surface area contributed by atoms with Crippen LogP contribution in [0.4, 0.5) is 4.79 Å². The molecular formula is C9H15NO7. The van der Waals surface area contributed by atoms with Crippen molar-refractivity contribution in [1.82, 2.24) is 0 Å². The van der Waals surface area contributed by atoms with E-state index >= 15 is 0 Å². The van der Waals surface area contributed by atoms with E-state index in [9.17, 15) is 14.4 Å². The molecule has 0 saturated carbocycles. The number of nitrogens with two attached hydrogens (primary N) is 1. The highest BCUT2D eigenvalue weighted by Crippen LogP contribution is 1.98. The van der Waals surface area contributed by atoms with Gasteiger partial charge in [-0.25, -0.2) is 4.79 Å². The minimum absolute atomic E-state index is 0.0807. The molecule has 0 aliphatic heterocycles. The molecule has 0 aromatic heterocycles. The van der Waals surface area contributed by atoms with Gasteiger partial charge in [-0.05, 0) is 6.42 Å². The first kappa shape index (κ1) is 15.2. The van der Waals surface area contributed by atoms with Crippen molar-refractivity contribution in [2.75, 3.05) is 13.2 Å². The van der Waals surface area contributed by atoms with Crippen LogP contribution in [0.1, 0.15) is 19.8 Å². The summed E-state index contributed by atoms with van der Waals surface area (Å²) in [5, 5.41) is 8.31. The maximum atomic E-state index is 11.0. The average Bonchev–Trinajstić information content (AvgIpc) is 2.23. The van der Waals surface area contributed by atoms with Crippen molar-refractivity contribution in [2.45, 2.75) is 26.1 Å². The number of carbonyl (C=O) groups is 3. The molecule has 1 unspecified atom stereocenters. The summed E-state index contributed by atoms with van der Waals surface area (Å²) in [7, 11) is 0. The van der Waals surface area contributed by atoms with E-state index in [-0.39, 0.29) is 26.0 Å². The molecule has 0 aliphatic carbocycles. The van der Waals surface area contributed by atoms with E-state index in [1.54, 1.807) is 0 Å². The van der Waals surface area contributed by atoms with Gasteiger partial charge in [0.15, 0.2) is 0 Å². The van der Waals surface area contributed by atoms with Crippen molar-refractivity contribution in [1.29, 1.82) is 0 Å². The summed E-state index contributed by atoms with van der Waals surface area (Å²) in [6, 6.07) is 0. The number of hydrogen-bond donors (Lipinski definition) is 2. The first-order valence-corrected chi connectivity index (χ1v) is 4.90. The van der Waals surface area contributed by atoms with Crippen LogP contribution in [0.2, 0.25) is 0 Å². The van der Waals surface area contributed by atoms with Crippen molar-refractivity contribution in [2.24, 2.45) is 5.73 Å². The molecule has 0 saturated heterocycles. The molecule has 0 aromatic rings. The quantitative estimate of drug-likeness (QED) is 0.362. The van der Waals surface area contributed by atoms with Crippen molar-refractivity contribution in [3.63, 3.8) is 0 Å². The normalized spacial score (nSPS) is 11.4. The first-order valence-electron chi connectivity index (χ1n) is 4.90. The molecule has 0 radical (unpaired) electrons. The van der Waals surface area contributed by atoms with Crippen LogP contribution in [-0.2, 0) is 23.8 Å². The van der Waals surface area contributed by atoms with Crippen LogP contribution in [-0.4, -0.2) is 42.6 Å². The Morgan fingerprint density at radius 2 is 1.94 bits per heavy atom. The van der Waals surface area contributed by atoms with E-state index in [4.69, 9.17) is 10.8 Å². The Morgan fingerprint density at radius 1 is 1.29 bits per heavy atom. The number of ether oxygens (including phenoxy) is 3. The number of carbonyl (C=O) groups excluding carboxylic acids is 2. The van der Waals surface area contributed by atoms with E-state index in [0.717, 1.165) is 0 Å². The Kier molecular flexibility index (Phi) is 7.44. The summed E-state index contributed by atoms with van der Waals surface area (Å²) in [6.45, 7) is 0.927. The molecule has 8 nitrogen and oxygen atoms in total. The van der Waals surface area contributed by atoms with Crippen molar-refractivity contribution in [3.05, 3.63) is 0 Å². The van der Waals surface area contributed by atoms with Gasteiger partial charge in [0.2, 0.25) is 6.29 Å². The van der Waals surface area contributed by atoms with Gasteiger partial charge in [-0.3, -0.25) is 9.59 Å². The van der Waals surface area contributed by atoms with Crippen LogP contribution >= 0.6 is 0 Å². The van der Waals surface area contributed by atoms with E-state index in [1.165, 1.54) is 6.92 Å². The molecule has 17 heavy (non-hydrogen) atoms. The van der Waals surface area contributed by atoms with Crippen molar-refractivity contribution < 1.29 is 33.7 Å². The first-order chi connectivity index (χ1) is 7.95. The zero-order valence-electron chi connectivity index (χ0n) is 9.38. The molecule has 3 N–H and O–H groups in total. The van der Waals surface area contributed by atoms with Crippen LogP contribution in [0, 0.1) is 0 Å². The van der Waals surface area contributed by atoms with Gasteiger partial charge in [0, 0.05) is 13.3 Å². The molecule has 0 bridgehead atoms. The minimum atomic E-state index is -1.10. The predicted octanol–water partition coefficient (Wildman–Crippen LogP) is -0.148. The molecular weight excluding hydrogens is 234 g/mol. The van der Waals surface area contributed by atoms with Crippen molar-refractivity contribution >= 4 is 18.1 Å². The Morgan fingerprint density at radius 3 is 2.47 bits per heavy atom. The standard InChI is InChI=1S/C9H15NO7/c1-6(16-8(13)5-10)17-9(14)15-4-2-3-7(11)12/h6H,2-5,10H2,1H3,(H,11,12). The summed E-state index contributed by atoms with van der Waals surface area (Å²) in [4.78, 5) is 31.8. The topological polar surface area (TPSA) is 125 Å². The third-order valence-electron chi connectivity index (χ3n) is 1.48. The highest BCUT2D eigenvalue weighted by molar-refractivity contribution is 5.71. The zero-order chi connectivity index (χ0) is 13.3. The monoisotopic (exact) mass is 249 g/mol. The zero-order valence-corrected chi connectivity index (χ0v) is 9.38. The highest BCUT2D eigenvalue weighted by atomic mass is 16.8. The fourth-order valence-electron chi connectivity index (χ4n) is 0.806. The summed E-state index contributed by atoms with van der Waals surface area (Å²) in [5.74, 6) is -1.69. The SMILES string of the molecule is CC(OC(=O)CN)OC(=O)OCCCC(=O)O. The lowest BCUT2D eigenvalue weighted by Gasteiger charge is -2.13. The molecule has 0 spiro atoms. The maximum Gasteiger partial charge on any atom is 0.511 e. The van der Waals surface area contributed by atoms with Gasteiger partial charge in [0.1, 0.15) is 0 Å². The molecule has 0 aromatic carbocycles. The Labute approximate surface area is 97.6 Å². The second kappa shape index (κ2) is 8.34. The summed E-state index contributed by atoms with van der Waals surface area (Å²) < 4.78 is 13.6. The van der Waals surface area contributed by atoms with Crippen LogP contribution < -0.4 is 5.73 Å². The van der Waals surface area contributed by atoms with E-state index < -0.39 is 24.4 Å². The summed E-state index contributed by atoms with van der Waals surface area (Å²) >= 11 is 0. The van der Waals surface area contributed by atoms with Crippen LogP contribution in [0.15, 0.2) is 0 Å². The van der Waals surface area contributed by atoms with Gasteiger partial charge in [-0.15, -0.1) is 0 Å². The second-order valence-electron chi connectivity index (χ2n) is 2.98. The second-order valence-corrected chi connectivity index (χ2v) is 2.98. The number of hydrogen-bond acceptors (Lipinski definition) is 7. The average molecular weight is 249 g/mol. The van der Waals surface area contributed by atoms with Gasteiger partial charge in [0.05, 0.1) is 13.2 Å². The Hall–Kier alpha value is -1.83. The molecule has 8 heteroatoms. The highest BCUT2D eigenvalue weighted by Gasteiger charge is 2.14. The van der Waals surface area contributed by atoms with Gasteiger partial charge in [0.25, 0.3) is 0 Å². The lowest BCUT2D eigenvalue weighted by atomic mass is 10.3. The van der Waals surface area contributed by atoms with Gasteiger partial charge in [-0.1, -0.05) is 0 Å². The summed E-state index contributed by atoms with van der Waals surface area (Å²) in [5.41, 5.74) is 4.98. The fraction of sp³-hybridized carbons (Fsp3) is 0.667. The van der Waals surface area contributed by atoms with Gasteiger partial charge < -0.3 is 25.1 Å². The lowest BCUT2D eigenvalue weighted by Crippen LogP contribution is -2.26. The maximum absolute atomic E-state index is 11.0. The minimum Gasteiger partial charge on any atom is -0.481 e. The van der Waals surface area contributed by atoms with Crippen LogP contribution in [0.5, 0.6) is 0 Å². The Bertz CT molecular complexity index is 279. The molecule has 1 atom stereocenters. The molecule has 0 rings (SSSR count). The largest absolute Gasteiger partial charge is 0.511 e. The number of carboxylic acids is 1. The molecule has 0 heterocycles. The smallest absolute Gasteiger partial charge is 0.481 e. The van der Waals surface area contributed by atoms with E-state index in [0.29, 0.717) is 0 Å². The van der Waals surface area contributed by atoms with E-state index in [1.807, 2.05) is 0 Å². The van der Waals surface area contributed by atoms with Crippen LogP contribution in [0.25, 0.3) is 0 Å². The third-order valence-corrected chi connectivity index (χ3v) is 1.48. The third kappa shape index (κ3) is 9.12. The summed E-state index contributed by atoms with van der Waals surface area (Å²) in [6.07, 6.45) is -2.06. The van der Waals surface area contributed by atoms with Crippen LogP contribution in [0.3, 0.4) is 0 Å². The number of esters is 1. The van der Waals surface area contributed by atoms with Crippen molar-refractivity contribution in [3.8, 4) is 0 Å². The number of aliphatic carboxylic acids is 1. The van der Waals surface area contributed by atoms with Gasteiger partial charge >= 0.3 is 18.1 Å². The number of rotatable bonds is 7. The lowest BCUT2D eigenvalue weighted by molar-refractivity contribution is -0.166. The molecule has 0 aliphatic rings. The van der Waals surface area contributed by atoms with E-state index in [2.05, 4.69) is 14.2 Å². The molecule has 98 valence electrons.